The molecule has 0 fully saturated rings. The summed E-state index contributed by atoms with van der Waals surface area (Å²) in [6, 6.07) is 10.8. The highest BCUT2D eigenvalue weighted by atomic mass is 35.5. The van der Waals surface area contributed by atoms with Crippen molar-refractivity contribution in [1.82, 2.24) is 0 Å². The number of ether oxygens (including phenoxy) is 1. The molecule has 0 unspecified atom stereocenters. The lowest BCUT2D eigenvalue weighted by molar-refractivity contribution is -0.118. The third-order valence-corrected chi connectivity index (χ3v) is 4.77. The van der Waals surface area contributed by atoms with Crippen molar-refractivity contribution in [3.8, 4) is 5.75 Å². The minimum Gasteiger partial charge on any atom is -0.495 e. The Morgan fingerprint density at radius 2 is 1.93 bits per heavy atom. The maximum absolute atomic E-state index is 12.7. The van der Waals surface area contributed by atoms with E-state index < -0.39 is 0 Å². The van der Waals surface area contributed by atoms with Crippen LogP contribution in [0.4, 0.5) is 11.4 Å². The van der Waals surface area contributed by atoms with E-state index in [1.165, 1.54) is 12.1 Å². The SMILES string of the molecule is COc1cc(Cl)c(C)cc1NC(=O)C1=NN(c2ccccc2C)C(=O)CC1. The molecule has 0 saturated carbocycles. The number of rotatable bonds is 4. The number of hydrogen-bond donors (Lipinski definition) is 1. The molecule has 0 aliphatic carbocycles. The van der Waals surface area contributed by atoms with E-state index in [2.05, 4.69) is 10.4 Å². The van der Waals surface area contributed by atoms with Gasteiger partial charge in [-0.15, -0.1) is 0 Å². The summed E-state index contributed by atoms with van der Waals surface area (Å²) in [7, 11) is 1.51. The van der Waals surface area contributed by atoms with E-state index in [0.717, 1.165) is 11.1 Å². The number of anilines is 2. The normalized spacial score (nSPS) is 14.0. The second kappa shape index (κ2) is 7.80. The molecule has 0 bridgehead atoms. The van der Waals surface area contributed by atoms with Crippen LogP contribution in [-0.4, -0.2) is 24.6 Å². The maximum atomic E-state index is 12.7. The second-order valence-electron chi connectivity index (χ2n) is 6.29. The van der Waals surface area contributed by atoms with Gasteiger partial charge in [0, 0.05) is 23.9 Å². The van der Waals surface area contributed by atoms with E-state index in [0.29, 0.717) is 22.1 Å². The van der Waals surface area contributed by atoms with E-state index in [-0.39, 0.29) is 30.4 Å². The Morgan fingerprint density at radius 1 is 1.19 bits per heavy atom. The lowest BCUT2D eigenvalue weighted by Gasteiger charge is -2.24. The standard InChI is InChI=1S/C20H20ClN3O3/c1-12-6-4-5-7-17(12)24-19(25)9-8-15(23-24)20(26)22-16-10-13(2)14(21)11-18(16)27-3/h4-7,10-11H,8-9H2,1-3H3,(H,22,26). The summed E-state index contributed by atoms with van der Waals surface area (Å²) in [4.78, 5) is 25.0. The Hall–Kier alpha value is -2.86. The van der Waals surface area contributed by atoms with Gasteiger partial charge in [-0.1, -0.05) is 29.8 Å². The number of nitrogens with one attached hydrogen (secondary N) is 1. The molecule has 0 radical (unpaired) electrons. The Balaban J connectivity index is 1.89. The van der Waals surface area contributed by atoms with Crippen molar-refractivity contribution in [2.24, 2.45) is 5.10 Å². The largest absolute Gasteiger partial charge is 0.495 e. The zero-order valence-corrected chi connectivity index (χ0v) is 16.1. The number of methoxy groups -OCH3 is 1. The lowest BCUT2D eigenvalue weighted by Crippen LogP contribution is -2.36. The van der Waals surface area contributed by atoms with Crippen LogP contribution in [0, 0.1) is 13.8 Å². The fourth-order valence-electron chi connectivity index (χ4n) is 2.83. The number of amides is 2. The number of carbonyl (C=O) groups excluding carboxylic acids is 2. The predicted molar refractivity (Wildman–Crippen MR) is 107 cm³/mol. The fourth-order valence-corrected chi connectivity index (χ4v) is 2.98. The zero-order valence-electron chi connectivity index (χ0n) is 15.4. The van der Waals surface area contributed by atoms with Crippen LogP contribution in [0.5, 0.6) is 5.75 Å². The van der Waals surface area contributed by atoms with Crippen LogP contribution in [0.15, 0.2) is 41.5 Å². The van der Waals surface area contributed by atoms with E-state index in [1.807, 2.05) is 38.1 Å². The van der Waals surface area contributed by atoms with Gasteiger partial charge in [0.15, 0.2) is 0 Å². The van der Waals surface area contributed by atoms with Crippen LogP contribution in [-0.2, 0) is 9.59 Å². The van der Waals surface area contributed by atoms with Gasteiger partial charge in [-0.05, 0) is 37.1 Å². The molecule has 2 amide bonds. The van der Waals surface area contributed by atoms with Gasteiger partial charge in [0.25, 0.3) is 5.91 Å². The van der Waals surface area contributed by atoms with E-state index >= 15 is 0 Å². The van der Waals surface area contributed by atoms with Crippen LogP contribution < -0.4 is 15.1 Å². The highest BCUT2D eigenvalue weighted by Gasteiger charge is 2.27. The van der Waals surface area contributed by atoms with Gasteiger partial charge in [-0.3, -0.25) is 9.59 Å². The molecule has 27 heavy (non-hydrogen) atoms. The predicted octanol–water partition coefficient (Wildman–Crippen LogP) is 4.09. The van der Waals surface area contributed by atoms with Gasteiger partial charge in [0.2, 0.25) is 5.91 Å². The molecule has 0 aromatic heterocycles. The molecule has 1 heterocycles. The number of halogens is 1. The first-order chi connectivity index (χ1) is 12.9. The van der Waals surface area contributed by atoms with Crippen LogP contribution in [0.3, 0.4) is 0 Å². The van der Waals surface area contributed by atoms with Crippen LogP contribution in [0.2, 0.25) is 5.02 Å². The van der Waals surface area contributed by atoms with Gasteiger partial charge in [-0.25, -0.2) is 5.01 Å². The molecule has 3 rings (SSSR count). The number of benzene rings is 2. The van der Waals surface area contributed by atoms with Gasteiger partial charge >= 0.3 is 0 Å². The molecule has 140 valence electrons. The number of nitrogens with zero attached hydrogens (tertiary/aromatic N) is 2. The molecule has 7 heteroatoms. The Labute approximate surface area is 162 Å². The topological polar surface area (TPSA) is 71.0 Å². The van der Waals surface area contributed by atoms with Gasteiger partial charge in [-0.2, -0.15) is 5.10 Å². The number of para-hydroxylation sites is 1. The van der Waals surface area contributed by atoms with Crippen molar-refractivity contribution >= 4 is 40.5 Å². The zero-order chi connectivity index (χ0) is 19.6. The second-order valence-corrected chi connectivity index (χ2v) is 6.70. The first-order valence-corrected chi connectivity index (χ1v) is 8.90. The number of carbonyl (C=O) groups is 2. The monoisotopic (exact) mass is 385 g/mol. The first-order valence-electron chi connectivity index (χ1n) is 8.52. The van der Waals surface area contributed by atoms with Crippen molar-refractivity contribution in [1.29, 1.82) is 0 Å². The van der Waals surface area contributed by atoms with Crippen molar-refractivity contribution in [3.05, 3.63) is 52.5 Å². The minimum atomic E-state index is -0.374. The quantitative estimate of drug-likeness (QED) is 0.861. The Kier molecular flexibility index (Phi) is 5.46. The average molecular weight is 386 g/mol. The molecule has 0 saturated heterocycles. The smallest absolute Gasteiger partial charge is 0.271 e. The molecule has 2 aromatic carbocycles. The van der Waals surface area contributed by atoms with E-state index in [1.54, 1.807) is 12.1 Å². The van der Waals surface area contributed by atoms with Crippen LogP contribution in [0.1, 0.15) is 24.0 Å². The van der Waals surface area contributed by atoms with Crippen LogP contribution in [0.25, 0.3) is 0 Å². The molecule has 1 N–H and O–H groups in total. The number of hydrogen-bond acceptors (Lipinski definition) is 4. The maximum Gasteiger partial charge on any atom is 0.271 e. The Bertz CT molecular complexity index is 940. The summed E-state index contributed by atoms with van der Waals surface area (Å²) in [5, 5.41) is 8.97. The summed E-state index contributed by atoms with van der Waals surface area (Å²) < 4.78 is 5.29. The first kappa shape index (κ1) is 18.9. The highest BCUT2D eigenvalue weighted by Crippen LogP contribution is 2.31. The average Bonchev–Trinajstić information content (AvgIpc) is 2.65. The minimum absolute atomic E-state index is 0.138. The summed E-state index contributed by atoms with van der Waals surface area (Å²) in [6.07, 6.45) is 0.499. The summed E-state index contributed by atoms with van der Waals surface area (Å²) in [6.45, 7) is 3.74. The molecule has 0 atom stereocenters. The summed E-state index contributed by atoms with van der Waals surface area (Å²) in [5.74, 6) is -0.0518. The van der Waals surface area contributed by atoms with E-state index in [4.69, 9.17) is 16.3 Å². The van der Waals surface area contributed by atoms with Gasteiger partial charge in [0.1, 0.15) is 11.5 Å². The number of hydrazone groups is 1. The van der Waals surface area contributed by atoms with Gasteiger partial charge in [0.05, 0.1) is 18.5 Å². The Morgan fingerprint density at radius 3 is 2.63 bits per heavy atom. The van der Waals surface area contributed by atoms with Crippen LogP contribution >= 0.6 is 11.6 Å². The summed E-state index contributed by atoms with van der Waals surface area (Å²) >= 11 is 6.11. The molecular weight excluding hydrogens is 366 g/mol. The fraction of sp³-hybridized carbons (Fsp3) is 0.250. The third-order valence-electron chi connectivity index (χ3n) is 4.37. The van der Waals surface area contributed by atoms with Crippen molar-refractivity contribution in [3.63, 3.8) is 0 Å². The molecule has 6 nitrogen and oxygen atoms in total. The molecule has 1 aliphatic rings. The van der Waals surface area contributed by atoms with Crippen molar-refractivity contribution < 1.29 is 14.3 Å². The van der Waals surface area contributed by atoms with E-state index in [9.17, 15) is 9.59 Å². The molecule has 2 aromatic rings. The van der Waals surface area contributed by atoms with Gasteiger partial charge < -0.3 is 10.1 Å². The third kappa shape index (κ3) is 3.95. The summed E-state index contributed by atoms with van der Waals surface area (Å²) in [5.41, 5.74) is 3.19. The molecule has 1 aliphatic heterocycles. The highest BCUT2D eigenvalue weighted by molar-refractivity contribution is 6.44. The lowest BCUT2D eigenvalue weighted by atomic mass is 10.1. The molecule has 0 spiro atoms. The van der Waals surface area contributed by atoms with Crippen molar-refractivity contribution in [2.75, 3.05) is 17.4 Å². The number of aryl methyl sites for hydroxylation is 2. The van der Waals surface area contributed by atoms with Crippen molar-refractivity contribution in [2.45, 2.75) is 26.7 Å². The molecular formula is C20H20ClN3O3.